The molecule has 0 saturated carbocycles. The average molecular weight is 436 g/mol. The minimum absolute atomic E-state index is 0.0556. The number of amides is 2. The first kappa shape index (κ1) is 18.4. The third-order valence-electron chi connectivity index (χ3n) is 4.70. The molecule has 5 nitrogen and oxygen atoms in total. The van der Waals surface area contributed by atoms with Crippen LogP contribution in [0.3, 0.4) is 0 Å². The number of fused-ring (bicyclic) bond motifs is 1. The molecule has 2 aromatic carbocycles. The molecule has 0 radical (unpaired) electrons. The molecule has 0 bridgehead atoms. The van der Waals surface area contributed by atoms with Gasteiger partial charge in [0.05, 0.1) is 5.56 Å². The number of anilines is 2. The molecule has 0 aliphatic carbocycles. The van der Waals surface area contributed by atoms with Gasteiger partial charge in [0.2, 0.25) is 0 Å². The van der Waals surface area contributed by atoms with E-state index in [0.717, 1.165) is 34.3 Å². The van der Waals surface area contributed by atoms with Crippen molar-refractivity contribution in [2.24, 2.45) is 0 Å². The predicted molar refractivity (Wildman–Crippen MR) is 113 cm³/mol. The first-order chi connectivity index (χ1) is 13.6. The highest BCUT2D eigenvalue weighted by atomic mass is 79.9. The van der Waals surface area contributed by atoms with Gasteiger partial charge in [0.15, 0.2) is 0 Å². The number of aromatic nitrogens is 1. The first-order valence-electron chi connectivity index (χ1n) is 9.03. The Bertz CT molecular complexity index is 1040. The molecule has 0 spiro atoms. The molecule has 6 heteroatoms. The van der Waals surface area contributed by atoms with E-state index < -0.39 is 0 Å². The molecule has 3 aromatic rings. The van der Waals surface area contributed by atoms with Crippen molar-refractivity contribution in [1.82, 2.24) is 4.98 Å². The second kappa shape index (κ2) is 7.94. The molecule has 0 atom stereocenters. The van der Waals surface area contributed by atoms with Crippen LogP contribution in [0.4, 0.5) is 11.4 Å². The molecule has 1 aliphatic heterocycles. The molecule has 2 amide bonds. The summed E-state index contributed by atoms with van der Waals surface area (Å²) in [6.45, 7) is 0.671. The molecular formula is C22H18BrN3O2. The topological polar surface area (TPSA) is 62.3 Å². The second-order valence-electron chi connectivity index (χ2n) is 6.61. The normalized spacial score (nSPS) is 13.0. The number of aryl methyl sites for hydroxylation is 1. The monoisotopic (exact) mass is 435 g/mol. The van der Waals surface area contributed by atoms with Gasteiger partial charge in [-0.2, -0.15) is 0 Å². The van der Waals surface area contributed by atoms with Gasteiger partial charge in [0.1, 0.15) is 0 Å². The number of pyridine rings is 1. The fourth-order valence-corrected chi connectivity index (χ4v) is 3.76. The minimum Gasteiger partial charge on any atom is -0.322 e. The molecule has 28 heavy (non-hydrogen) atoms. The average Bonchev–Trinajstić information content (AvgIpc) is 2.73. The Hall–Kier alpha value is -2.99. The van der Waals surface area contributed by atoms with Crippen LogP contribution in [0.25, 0.3) is 0 Å². The Morgan fingerprint density at radius 1 is 1.04 bits per heavy atom. The highest BCUT2D eigenvalue weighted by molar-refractivity contribution is 9.10. The van der Waals surface area contributed by atoms with Gasteiger partial charge in [0.25, 0.3) is 11.8 Å². The lowest BCUT2D eigenvalue weighted by Gasteiger charge is -2.30. The Morgan fingerprint density at radius 3 is 2.68 bits per heavy atom. The van der Waals surface area contributed by atoms with Crippen LogP contribution in [0, 0.1) is 0 Å². The van der Waals surface area contributed by atoms with Gasteiger partial charge in [-0.25, -0.2) is 0 Å². The van der Waals surface area contributed by atoms with Crippen molar-refractivity contribution in [2.45, 2.75) is 12.8 Å². The van der Waals surface area contributed by atoms with Crippen LogP contribution in [0.1, 0.15) is 32.7 Å². The number of halogens is 1. The van der Waals surface area contributed by atoms with Gasteiger partial charge in [-0.3, -0.25) is 14.6 Å². The zero-order valence-electron chi connectivity index (χ0n) is 15.1. The molecule has 0 fully saturated rings. The van der Waals surface area contributed by atoms with E-state index in [9.17, 15) is 9.59 Å². The largest absolute Gasteiger partial charge is 0.322 e. The van der Waals surface area contributed by atoms with Crippen LogP contribution in [0.5, 0.6) is 0 Å². The van der Waals surface area contributed by atoms with Crippen molar-refractivity contribution in [2.75, 3.05) is 16.8 Å². The molecular weight excluding hydrogens is 418 g/mol. The predicted octanol–water partition coefficient (Wildman–Crippen LogP) is 4.69. The second-order valence-corrected chi connectivity index (χ2v) is 7.53. The number of hydrogen-bond acceptors (Lipinski definition) is 3. The Balaban J connectivity index is 1.56. The van der Waals surface area contributed by atoms with Crippen LogP contribution in [-0.2, 0) is 6.42 Å². The van der Waals surface area contributed by atoms with E-state index in [-0.39, 0.29) is 11.8 Å². The van der Waals surface area contributed by atoms with Crippen molar-refractivity contribution < 1.29 is 9.59 Å². The van der Waals surface area contributed by atoms with Crippen molar-refractivity contribution >= 4 is 39.1 Å². The lowest BCUT2D eigenvalue weighted by Crippen LogP contribution is -2.35. The molecule has 4 rings (SSSR count). The third-order valence-corrected chi connectivity index (χ3v) is 5.19. The molecule has 1 aromatic heterocycles. The van der Waals surface area contributed by atoms with Gasteiger partial charge in [0, 0.05) is 40.3 Å². The molecule has 2 heterocycles. The van der Waals surface area contributed by atoms with E-state index in [1.54, 1.807) is 41.6 Å². The van der Waals surface area contributed by atoms with E-state index in [1.807, 2.05) is 30.3 Å². The number of carbonyl (C=O) groups is 2. The molecule has 1 N–H and O–H groups in total. The summed E-state index contributed by atoms with van der Waals surface area (Å²) in [4.78, 5) is 31.2. The van der Waals surface area contributed by atoms with Crippen LogP contribution in [0.2, 0.25) is 0 Å². The summed E-state index contributed by atoms with van der Waals surface area (Å²) in [6, 6.07) is 16.5. The molecule has 1 aliphatic rings. The summed E-state index contributed by atoms with van der Waals surface area (Å²) < 4.78 is 0.857. The lowest BCUT2D eigenvalue weighted by atomic mass is 10.00. The van der Waals surface area contributed by atoms with Crippen LogP contribution in [-0.4, -0.2) is 23.3 Å². The number of carbonyl (C=O) groups excluding carboxylic acids is 2. The van der Waals surface area contributed by atoms with E-state index >= 15 is 0 Å². The van der Waals surface area contributed by atoms with E-state index in [0.29, 0.717) is 17.7 Å². The lowest BCUT2D eigenvalue weighted by molar-refractivity contribution is 0.0983. The van der Waals surface area contributed by atoms with Crippen LogP contribution in [0.15, 0.2) is 71.5 Å². The zero-order chi connectivity index (χ0) is 19.5. The maximum atomic E-state index is 12.9. The van der Waals surface area contributed by atoms with Crippen molar-refractivity contribution in [3.05, 3.63) is 88.2 Å². The zero-order valence-corrected chi connectivity index (χ0v) is 16.6. The van der Waals surface area contributed by atoms with E-state index in [1.165, 1.54) is 0 Å². The van der Waals surface area contributed by atoms with Gasteiger partial charge < -0.3 is 10.2 Å². The maximum Gasteiger partial charge on any atom is 0.259 e. The summed E-state index contributed by atoms with van der Waals surface area (Å²) in [6.07, 6.45) is 4.99. The number of nitrogens with zero attached hydrogens (tertiary/aromatic N) is 2. The summed E-state index contributed by atoms with van der Waals surface area (Å²) in [5.41, 5.74) is 3.82. The highest BCUT2D eigenvalue weighted by Gasteiger charge is 2.24. The van der Waals surface area contributed by atoms with Crippen molar-refractivity contribution in [3.8, 4) is 0 Å². The summed E-state index contributed by atoms with van der Waals surface area (Å²) in [5.74, 6) is -0.222. The van der Waals surface area contributed by atoms with Crippen LogP contribution < -0.4 is 10.2 Å². The Kier molecular flexibility index (Phi) is 5.21. The number of nitrogens with one attached hydrogen (secondary N) is 1. The molecule has 0 saturated heterocycles. The van der Waals surface area contributed by atoms with Gasteiger partial charge in [-0.15, -0.1) is 0 Å². The summed E-state index contributed by atoms with van der Waals surface area (Å²) in [7, 11) is 0. The first-order valence-corrected chi connectivity index (χ1v) is 9.83. The summed E-state index contributed by atoms with van der Waals surface area (Å²) in [5, 5.41) is 2.94. The minimum atomic E-state index is -0.166. The van der Waals surface area contributed by atoms with E-state index in [2.05, 4.69) is 26.2 Å². The Labute approximate surface area is 171 Å². The van der Waals surface area contributed by atoms with Gasteiger partial charge in [-0.1, -0.05) is 22.0 Å². The molecule has 140 valence electrons. The van der Waals surface area contributed by atoms with Gasteiger partial charge >= 0.3 is 0 Å². The molecule has 0 unspecified atom stereocenters. The fourth-order valence-electron chi connectivity index (χ4n) is 3.36. The highest BCUT2D eigenvalue weighted by Crippen LogP contribution is 2.31. The fraction of sp³-hybridized carbons (Fsp3) is 0.136. The number of benzene rings is 2. The maximum absolute atomic E-state index is 12.9. The quantitative estimate of drug-likeness (QED) is 0.648. The Morgan fingerprint density at radius 2 is 1.89 bits per heavy atom. The number of rotatable bonds is 3. The third kappa shape index (κ3) is 3.82. The van der Waals surface area contributed by atoms with Gasteiger partial charge in [-0.05, 0) is 66.9 Å². The van der Waals surface area contributed by atoms with E-state index in [4.69, 9.17) is 0 Å². The van der Waals surface area contributed by atoms with Crippen LogP contribution >= 0.6 is 15.9 Å². The smallest absolute Gasteiger partial charge is 0.259 e. The standard InChI is InChI=1S/C22H18BrN3O2/c23-18-7-1-4-16(12-18)21(27)25-19-8-9-20-15(13-19)6-3-11-26(20)22(28)17-5-2-10-24-14-17/h1-2,4-5,7-10,12-14H,3,6,11H2,(H,25,27). The number of hydrogen-bond donors (Lipinski definition) is 1. The summed E-state index contributed by atoms with van der Waals surface area (Å²) >= 11 is 3.38. The van der Waals surface area contributed by atoms with Crippen molar-refractivity contribution in [3.63, 3.8) is 0 Å². The van der Waals surface area contributed by atoms with Crippen molar-refractivity contribution in [1.29, 1.82) is 0 Å². The SMILES string of the molecule is O=C(Nc1ccc2c(c1)CCCN2C(=O)c1cccnc1)c1cccc(Br)c1.